The van der Waals surface area contributed by atoms with Gasteiger partial charge in [-0.1, -0.05) is 25.0 Å². The van der Waals surface area contributed by atoms with Gasteiger partial charge in [0.2, 0.25) is 11.8 Å². The molecule has 1 atom stereocenters. The number of para-hydroxylation sites is 2. The van der Waals surface area contributed by atoms with Crippen molar-refractivity contribution < 1.29 is 14.3 Å². The van der Waals surface area contributed by atoms with Gasteiger partial charge >= 0.3 is 0 Å². The zero-order valence-electron chi connectivity index (χ0n) is 13.4. The van der Waals surface area contributed by atoms with Crippen LogP contribution in [-0.2, 0) is 9.59 Å². The van der Waals surface area contributed by atoms with Crippen molar-refractivity contribution in [1.29, 1.82) is 0 Å². The molecule has 23 heavy (non-hydrogen) atoms. The molecule has 1 aliphatic heterocycles. The van der Waals surface area contributed by atoms with Crippen LogP contribution in [0.3, 0.4) is 0 Å². The van der Waals surface area contributed by atoms with E-state index in [0.29, 0.717) is 31.6 Å². The molecule has 2 amide bonds. The molecule has 6 nitrogen and oxygen atoms in total. The molecule has 3 N–H and O–H groups in total. The number of anilines is 1. The fraction of sp³-hybridized carbons (Fsp3) is 0.529. The van der Waals surface area contributed by atoms with Gasteiger partial charge in [0, 0.05) is 6.54 Å². The van der Waals surface area contributed by atoms with Crippen LogP contribution in [0.25, 0.3) is 0 Å². The minimum Gasteiger partial charge on any atom is -0.495 e. The number of carbonyl (C=O) groups is 2. The van der Waals surface area contributed by atoms with E-state index in [-0.39, 0.29) is 11.8 Å². The number of benzene rings is 1. The first-order valence-electron chi connectivity index (χ1n) is 8.09. The lowest BCUT2D eigenvalue weighted by Gasteiger charge is -2.25. The highest BCUT2D eigenvalue weighted by Gasteiger charge is 2.41. The number of methoxy groups -OCH3 is 1. The molecule has 1 saturated heterocycles. The van der Waals surface area contributed by atoms with Crippen molar-refractivity contribution in [2.45, 2.75) is 43.7 Å². The third-order valence-electron chi connectivity index (χ3n) is 4.83. The molecule has 2 fully saturated rings. The monoisotopic (exact) mass is 317 g/mol. The Bertz CT molecular complexity index is 611. The van der Waals surface area contributed by atoms with Gasteiger partial charge in [-0.3, -0.25) is 9.59 Å². The van der Waals surface area contributed by atoms with Crippen molar-refractivity contribution in [3.63, 3.8) is 0 Å². The maximum Gasteiger partial charge on any atom is 0.249 e. The van der Waals surface area contributed by atoms with Gasteiger partial charge in [-0.05, 0) is 31.4 Å². The highest BCUT2D eigenvalue weighted by Crippen LogP contribution is 2.32. The third-order valence-corrected chi connectivity index (χ3v) is 4.83. The van der Waals surface area contributed by atoms with Gasteiger partial charge < -0.3 is 20.7 Å². The SMILES string of the molecule is COc1ccccc1N1CCC(NC(=O)C2(N)CCCC2)C1=O. The smallest absolute Gasteiger partial charge is 0.249 e. The van der Waals surface area contributed by atoms with E-state index in [9.17, 15) is 9.59 Å². The summed E-state index contributed by atoms with van der Waals surface area (Å²) in [5, 5.41) is 2.85. The number of nitrogens with two attached hydrogens (primary N) is 1. The quantitative estimate of drug-likeness (QED) is 0.873. The number of nitrogens with zero attached hydrogens (tertiary/aromatic N) is 1. The summed E-state index contributed by atoms with van der Waals surface area (Å²) < 4.78 is 5.32. The summed E-state index contributed by atoms with van der Waals surface area (Å²) >= 11 is 0. The average molecular weight is 317 g/mol. The molecule has 2 aliphatic rings. The third kappa shape index (κ3) is 2.91. The maximum absolute atomic E-state index is 12.6. The van der Waals surface area contributed by atoms with E-state index in [0.717, 1.165) is 18.5 Å². The molecular formula is C17H23N3O3. The lowest BCUT2D eigenvalue weighted by atomic mass is 9.97. The summed E-state index contributed by atoms with van der Waals surface area (Å²) in [6.45, 7) is 0.557. The van der Waals surface area contributed by atoms with Crippen LogP contribution in [0.1, 0.15) is 32.1 Å². The number of nitrogens with one attached hydrogen (secondary N) is 1. The molecule has 1 aromatic carbocycles. The van der Waals surface area contributed by atoms with E-state index >= 15 is 0 Å². The van der Waals surface area contributed by atoms with Gasteiger partial charge in [-0.25, -0.2) is 0 Å². The van der Waals surface area contributed by atoms with Crippen LogP contribution in [0.15, 0.2) is 24.3 Å². The second-order valence-electron chi connectivity index (χ2n) is 6.34. The van der Waals surface area contributed by atoms with Crippen LogP contribution in [0.2, 0.25) is 0 Å². The van der Waals surface area contributed by atoms with E-state index in [1.165, 1.54) is 0 Å². The standard InChI is InChI=1S/C17H23N3O3/c1-23-14-7-3-2-6-13(14)20-11-8-12(15(20)21)19-16(22)17(18)9-4-5-10-17/h2-3,6-7,12H,4-5,8-11,18H2,1H3,(H,19,22). The molecule has 0 aromatic heterocycles. The van der Waals surface area contributed by atoms with E-state index in [1.807, 2.05) is 24.3 Å². The number of hydrogen-bond donors (Lipinski definition) is 2. The van der Waals surface area contributed by atoms with Crippen molar-refractivity contribution >= 4 is 17.5 Å². The van der Waals surface area contributed by atoms with Crippen LogP contribution < -0.4 is 20.7 Å². The fourth-order valence-electron chi connectivity index (χ4n) is 3.44. The van der Waals surface area contributed by atoms with Crippen molar-refractivity contribution in [1.82, 2.24) is 5.32 Å². The first-order valence-corrected chi connectivity index (χ1v) is 8.09. The molecule has 1 heterocycles. The summed E-state index contributed by atoms with van der Waals surface area (Å²) in [4.78, 5) is 26.7. The lowest BCUT2D eigenvalue weighted by Crippen LogP contribution is -2.55. The first-order chi connectivity index (χ1) is 11.0. The maximum atomic E-state index is 12.6. The highest BCUT2D eigenvalue weighted by molar-refractivity contribution is 6.03. The summed E-state index contributed by atoms with van der Waals surface area (Å²) in [7, 11) is 1.58. The number of carbonyl (C=O) groups excluding carboxylic acids is 2. The summed E-state index contributed by atoms with van der Waals surface area (Å²) in [5.74, 6) is 0.346. The van der Waals surface area contributed by atoms with E-state index in [2.05, 4.69) is 5.32 Å². The molecule has 1 saturated carbocycles. The minimum absolute atomic E-state index is 0.107. The van der Waals surface area contributed by atoms with Gasteiger partial charge in [0.1, 0.15) is 11.8 Å². The van der Waals surface area contributed by atoms with Crippen LogP contribution in [0, 0.1) is 0 Å². The Balaban J connectivity index is 1.70. The summed E-state index contributed by atoms with van der Waals surface area (Å²) in [6, 6.07) is 6.89. The molecule has 6 heteroatoms. The van der Waals surface area contributed by atoms with Crippen LogP contribution >= 0.6 is 0 Å². The predicted molar refractivity (Wildman–Crippen MR) is 87.3 cm³/mol. The average Bonchev–Trinajstić information content (AvgIpc) is 3.15. The topological polar surface area (TPSA) is 84.7 Å². The van der Waals surface area contributed by atoms with Crippen molar-refractivity contribution in [2.24, 2.45) is 5.73 Å². The van der Waals surface area contributed by atoms with Gasteiger partial charge in [-0.15, -0.1) is 0 Å². The van der Waals surface area contributed by atoms with Crippen molar-refractivity contribution in [3.05, 3.63) is 24.3 Å². The predicted octanol–water partition coefficient (Wildman–Crippen LogP) is 1.19. The molecule has 0 bridgehead atoms. The van der Waals surface area contributed by atoms with Crippen molar-refractivity contribution in [3.8, 4) is 5.75 Å². The summed E-state index contributed by atoms with van der Waals surface area (Å²) in [5.41, 5.74) is 6.09. The fourth-order valence-corrected chi connectivity index (χ4v) is 3.44. The van der Waals surface area contributed by atoms with Gasteiger partial charge in [0.05, 0.1) is 18.3 Å². The largest absolute Gasteiger partial charge is 0.495 e. The number of amides is 2. The van der Waals surface area contributed by atoms with Crippen LogP contribution in [0.4, 0.5) is 5.69 Å². The molecule has 1 unspecified atom stereocenters. The van der Waals surface area contributed by atoms with E-state index < -0.39 is 11.6 Å². The molecule has 0 spiro atoms. The number of hydrogen-bond acceptors (Lipinski definition) is 4. The molecular weight excluding hydrogens is 294 g/mol. The minimum atomic E-state index is -0.807. The Morgan fingerprint density at radius 1 is 1.35 bits per heavy atom. The van der Waals surface area contributed by atoms with E-state index in [1.54, 1.807) is 12.0 Å². The lowest BCUT2D eigenvalue weighted by molar-refractivity contribution is -0.130. The molecule has 1 aliphatic carbocycles. The van der Waals surface area contributed by atoms with Crippen molar-refractivity contribution in [2.75, 3.05) is 18.6 Å². The van der Waals surface area contributed by atoms with Crippen LogP contribution in [0.5, 0.6) is 5.75 Å². The Morgan fingerprint density at radius 3 is 2.74 bits per heavy atom. The second kappa shape index (κ2) is 6.20. The van der Waals surface area contributed by atoms with E-state index in [4.69, 9.17) is 10.5 Å². The zero-order chi connectivity index (χ0) is 16.4. The van der Waals surface area contributed by atoms with Gasteiger partial charge in [0.15, 0.2) is 0 Å². The highest BCUT2D eigenvalue weighted by atomic mass is 16.5. The summed E-state index contributed by atoms with van der Waals surface area (Å²) in [6.07, 6.45) is 3.90. The molecule has 0 radical (unpaired) electrons. The first kappa shape index (κ1) is 15.8. The second-order valence-corrected chi connectivity index (χ2v) is 6.34. The molecule has 3 rings (SSSR count). The normalized spacial score (nSPS) is 23.1. The Labute approximate surface area is 136 Å². The Morgan fingerprint density at radius 2 is 2.04 bits per heavy atom. The zero-order valence-corrected chi connectivity index (χ0v) is 13.4. The molecule has 1 aromatic rings. The molecule has 124 valence electrons. The number of rotatable bonds is 4. The van der Waals surface area contributed by atoms with Crippen LogP contribution in [-0.4, -0.2) is 37.0 Å². The Hall–Kier alpha value is -2.08. The Kier molecular flexibility index (Phi) is 4.26. The number of ether oxygens (including phenoxy) is 1. The van der Waals surface area contributed by atoms with Gasteiger partial charge in [-0.2, -0.15) is 0 Å². The van der Waals surface area contributed by atoms with Gasteiger partial charge in [0.25, 0.3) is 0 Å².